The minimum absolute atomic E-state index is 0.334. The second-order valence-corrected chi connectivity index (χ2v) is 4.25. The summed E-state index contributed by atoms with van der Waals surface area (Å²) in [6.45, 7) is 1.06. The van der Waals surface area contributed by atoms with Crippen molar-refractivity contribution in [2.45, 2.75) is 6.54 Å². The Hall–Kier alpha value is -1.05. The largest absolute Gasteiger partial charge is 0.312 e. The van der Waals surface area contributed by atoms with Crippen molar-refractivity contribution in [1.29, 1.82) is 0 Å². The van der Waals surface area contributed by atoms with Gasteiger partial charge in [-0.05, 0) is 6.07 Å². The van der Waals surface area contributed by atoms with Crippen LogP contribution in [0.1, 0.15) is 5.56 Å². The molecular weight excluding hydrogens is 228 g/mol. The van der Waals surface area contributed by atoms with Gasteiger partial charge in [-0.25, -0.2) is 8.78 Å². The van der Waals surface area contributed by atoms with E-state index in [4.69, 9.17) is 6.42 Å². The molecule has 1 nitrogen and oxygen atoms in total. The Morgan fingerprint density at radius 2 is 2.19 bits per heavy atom. The normalized spacial score (nSPS) is 10.1. The third kappa shape index (κ3) is 4.21. The van der Waals surface area contributed by atoms with Crippen molar-refractivity contribution in [3.05, 3.63) is 35.4 Å². The molecule has 0 spiro atoms. The van der Waals surface area contributed by atoms with Crippen LogP contribution in [0.4, 0.5) is 8.78 Å². The Labute approximate surface area is 98.6 Å². The zero-order valence-corrected chi connectivity index (χ0v) is 9.62. The standard InChI is InChI=1S/C12H13F2NS/c1-2-7-16-8-6-15-9-10-4-3-5-11(13)12(10)14/h1,3-5,15H,6-9H2. The van der Waals surface area contributed by atoms with E-state index in [0.717, 1.165) is 18.4 Å². The first-order valence-corrected chi connectivity index (χ1v) is 6.06. The highest BCUT2D eigenvalue weighted by molar-refractivity contribution is 7.99. The van der Waals surface area contributed by atoms with Crippen molar-refractivity contribution in [2.75, 3.05) is 18.1 Å². The lowest BCUT2D eigenvalue weighted by Gasteiger charge is -2.05. The van der Waals surface area contributed by atoms with Gasteiger partial charge in [0.15, 0.2) is 11.6 Å². The molecule has 4 heteroatoms. The molecule has 1 aromatic carbocycles. The highest BCUT2D eigenvalue weighted by Crippen LogP contribution is 2.10. The maximum Gasteiger partial charge on any atom is 0.163 e. The summed E-state index contributed by atoms with van der Waals surface area (Å²) < 4.78 is 26.0. The van der Waals surface area contributed by atoms with Gasteiger partial charge in [0, 0.05) is 24.4 Å². The molecule has 0 aromatic heterocycles. The third-order valence-electron chi connectivity index (χ3n) is 1.96. The van der Waals surface area contributed by atoms with Crippen molar-refractivity contribution in [1.82, 2.24) is 5.32 Å². The highest BCUT2D eigenvalue weighted by atomic mass is 32.2. The first-order chi connectivity index (χ1) is 7.75. The van der Waals surface area contributed by atoms with Crippen LogP contribution in [0.2, 0.25) is 0 Å². The molecule has 0 radical (unpaired) electrons. The molecule has 1 aromatic rings. The van der Waals surface area contributed by atoms with E-state index in [1.807, 2.05) is 0 Å². The number of hydrogen-bond acceptors (Lipinski definition) is 2. The molecule has 0 aliphatic carbocycles. The fraction of sp³-hybridized carbons (Fsp3) is 0.333. The van der Waals surface area contributed by atoms with E-state index in [-0.39, 0.29) is 0 Å². The van der Waals surface area contributed by atoms with Gasteiger partial charge in [-0.2, -0.15) is 0 Å². The number of halogens is 2. The lowest BCUT2D eigenvalue weighted by molar-refractivity contribution is 0.494. The summed E-state index contributed by atoms with van der Waals surface area (Å²) in [6.07, 6.45) is 5.09. The summed E-state index contributed by atoms with van der Waals surface area (Å²) in [4.78, 5) is 0. The van der Waals surface area contributed by atoms with Crippen LogP contribution in [-0.4, -0.2) is 18.1 Å². The van der Waals surface area contributed by atoms with E-state index in [1.54, 1.807) is 17.8 Å². The van der Waals surface area contributed by atoms with Crippen molar-refractivity contribution in [2.24, 2.45) is 0 Å². The SMILES string of the molecule is C#CCSCCNCc1cccc(F)c1F. The van der Waals surface area contributed by atoms with Crippen molar-refractivity contribution in [3.8, 4) is 12.3 Å². The Balaban J connectivity index is 2.27. The second kappa shape index (κ2) is 7.26. The Morgan fingerprint density at radius 1 is 1.38 bits per heavy atom. The van der Waals surface area contributed by atoms with Gasteiger partial charge in [0.1, 0.15) is 0 Å². The summed E-state index contributed by atoms with van der Waals surface area (Å²) in [6, 6.07) is 4.18. The van der Waals surface area contributed by atoms with Gasteiger partial charge in [-0.3, -0.25) is 0 Å². The van der Waals surface area contributed by atoms with Crippen molar-refractivity contribution >= 4 is 11.8 Å². The van der Waals surface area contributed by atoms with E-state index in [1.165, 1.54) is 6.07 Å². The number of rotatable bonds is 6. The van der Waals surface area contributed by atoms with Crippen LogP contribution < -0.4 is 5.32 Å². The van der Waals surface area contributed by atoms with Gasteiger partial charge >= 0.3 is 0 Å². The number of hydrogen-bond donors (Lipinski definition) is 1. The molecule has 0 bridgehead atoms. The fourth-order valence-corrected chi connectivity index (χ4v) is 1.73. The molecule has 0 unspecified atom stereocenters. The van der Waals surface area contributed by atoms with Crippen LogP contribution in [-0.2, 0) is 6.54 Å². The summed E-state index contributed by atoms with van der Waals surface area (Å²) in [7, 11) is 0. The monoisotopic (exact) mass is 241 g/mol. The van der Waals surface area contributed by atoms with Crippen LogP contribution in [0.3, 0.4) is 0 Å². The maximum absolute atomic E-state index is 13.2. The Morgan fingerprint density at radius 3 is 2.94 bits per heavy atom. The van der Waals surface area contributed by atoms with E-state index in [9.17, 15) is 8.78 Å². The van der Waals surface area contributed by atoms with E-state index >= 15 is 0 Å². The van der Waals surface area contributed by atoms with Crippen molar-refractivity contribution < 1.29 is 8.78 Å². The van der Waals surface area contributed by atoms with Gasteiger partial charge < -0.3 is 5.32 Å². The average Bonchev–Trinajstić information content (AvgIpc) is 2.29. The summed E-state index contributed by atoms with van der Waals surface area (Å²) in [5.74, 6) is 2.48. The van der Waals surface area contributed by atoms with Gasteiger partial charge in [0.25, 0.3) is 0 Å². The molecular formula is C12H13F2NS. The molecule has 0 heterocycles. The van der Waals surface area contributed by atoms with E-state index in [0.29, 0.717) is 17.9 Å². The minimum atomic E-state index is -0.805. The zero-order chi connectivity index (χ0) is 11.8. The van der Waals surface area contributed by atoms with Crippen LogP contribution in [0.5, 0.6) is 0 Å². The zero-order valence-electron chi connectivity index (χ0n) is 8.80. The molecule has 16 heavy (non-hydrogen) atoms. The molecule has 1 rings (SSSR count). The van der Waals surface area contributed by atoms with Crippen LogP contribution in [0.15, 0.2) is 18.2 Å². The smallest absolute Gasteiger partial charge is 0.163 e. The van der Waals surface area contributed by atoms with Gasteiger partial charge in [0.2, 0.25) is 0 Å². The Bertz CT molecular complexity index is 374. The molecule has 0 aliphatic heterocycles. The van der Waals surface area contributed by atoms with E-state index < -0.39 is 11.6 Å². The average molecular weight is 241 g/mol. The van der Waals surface area contributed by atoms with Gasteiger partial charge in [-0.1, -0.05) is 18.1 Å². The predicted molar refractivity (Wildman–Crippen MR) is 64.2 cm³/mol. The van der Waals surface area contributed by atoms with Gasteiger partial charge in [-0.15, -0.1) is 18.2 Å². The van der Waals surface area contributed by atoms with Crippen LogP contribution in [0, 0.1) is 24.0 Å². The number of benzene rings is 1. The maximum atomic E-state index is 13.2. The quantitative estimate of drug-likeness (QED) is 0.606. The predicted octanol–water partition coefficient (Wildman–Crippen LogP) is 2.42. The van der Waals surface area contributed by atoms with Crippen molar-refractivity contribution in [3.63, 3.8) is 0 Å². The number of nitrogens with one attached hydrogen (secondary N) is 1. The second-order valence-electron chi connectivity index (χ2n) is 3.15. The number of terminal acetylenes is 1. The molecule has 0 amide bonds. The summed E-state index contributed by atoms with van der Waals surface area (Å²) >= 11 is 1.63. The molecule has 0 atom stereocenters. The minimum Gasteiger partial charge on any atom is -0.312 e. The first kappa shape index (κ1) is 13.0. The molecule has 0 saturated heterocycles. The third-order valence-corrected chi connectivity index (χ3v) is 2.82. The summed E-state index contributed by atoms with van der Waals surface area (Å²) in [5, 5.41) is 3.03. The molecule has 0 fully saturated rings. The molecule has 0 saturated carbocycles. The summed E-state index contributed by atoms with van der Waals surface area (Å²) in [5.41, 5.74) is 0.349. The molecule has 0 aliphatic rings. The highest BCUT2D eigenvalue weighted by Gasteiger charge is 2.06. The Kier molecular flexibility index (Phi) is 5.91. The lowest BCUT2D eigenvalue weighted by Crippen LogP contribution is -2.17. The number of thioether (sulfide) groups is 1. The first-order valence-electron chi connectivity index (χ1n) is 4.90. The molecule has 86 valence electrons. The van der Waals surface area contributed by atoms with E-state index in [2.05, 4.69) is 11.2 Å². The molecule has 1 N–H and O–H groups in total. The van der Waals surface area contributed by atoms with Crippen LogP contribution >= 0.6 is 11.8 Å². The van der Waals surface area contributed by atoms with Gasteiger partial charge in [0.05, 0.1) is 5.75 Å². The lowest BCUT2D eigenvalue weighted by atomic mass is 10.2. The fourth-order valence-electron chi connectivity index (χ4n) is 1.18. The topological polar surface area (TPSA) is 12.0 Å². The van der Waals surface area contributed by atoms with Crippen LogP contribution in [0.25, 0.3) is 0 Å².